The molecule has 0 radical (unpaired) electrons. The third kappa shape index (κ3) is 2.23. The van der Waals surface area contributed by atoms with E-state index < -0.39 is 5.60 Å². The van der Waals surface area contributed by atoms with Gasteiger partial charge in [0.1, 0.15) is 5.60 Å². The Labute approximate surface area is 111 Å². The molecule has 17 heavy (non-hydrogen) atoms. The van der Waals surface area contributed by atoms with Crippen LogP contribution in [0.2, 0.25) is 0 Å². The molecule has 0 amide bonds. The fraction of sp³-hybridized carbons (Fsp3) is 0.667. The van der Waals surface area contributed by atoms with E-state index in [0.29, 0.717) is 16.8 Å². The molecule has 4 nitrogen and oxygen atoms in total. The van der Waals surface area contributed by atoms with Gasteiger partial charge in [-0.2, -0.15) is 0 Å². The van der Waals surface area contributed by atoms with Gasteiger partial charge >= 0.3 is 0 Å². The second-order valence-electron chi connectivity index (χ2n) is 3.81. The van der Waals surface area contributed by atoms with E-state index >= 15 is 0 Å². The first-order chi connectivity index (χ1) is 8.11. The van der Waals surface area contributed by atoms with Crippen molar-refractivity contribution in [2.24, 2.45) is 0 Å². The topological polar surface area (TPSA) is 36.9 Å². The molecule has 1 rings (SSSR count). The Hall–Kier alpha value is -0.520. The van der Waals surface area contributed by atoms with Crippen molar-refractivity contribution in [1.29, 1.82) is 0 Å². The maximum atomic E-state index is 5.66. The zero-order valence-electron chi connectivity index (χ0n) is 10.9. The highest BCUT2D eigenvalue weighted by Gasteiger charge is 2.47. The summed E-state index contributed by atoms with van der Waals surface area (Å²) in [6, 6.07) is 0. The Bertz CT molecular complexity index is 331. The maximum absolute atomic E-state index is 5.66. The zero-order valence-corrected chi connectivity index (χ0v) is 12.5. The van der Waals surface area contributed by atoms with Gasteiger partial charge in [-0.05, 0) is 18.6 Å². The van der Waals surface area contributed by atoms with Crippen LogP contribution in [0.25, 0.3) is 0 Å². The molecule has 0 saturated heterocycles. The number of ether oxygens (including phenoxy) is 4. The van der Waals surface area contributed by atoms with Gasteiger partial charge in [-0.1, -0.05) is 15.9 Å². The fourth-order valence-corrected chi connectivity index (χ4v) is 3.07. The number of alkyl halides is 1. The van der Waals surface area contributed by atoms with Gasteiger partial charge in [0.05, 0.1) is 14.2 Å². The molecule has 1 aliphatic rings. The maximum Gasteiger partial charge on any atom is 0.169 e. The van der Waals surface area contributed by atoms with E-state index in [1.165, 1.54) is 0 Å². The van der Waals surface area contributed by atoms with Crippen LogP contribution < -0.4 is 0 Å². The van der Waals surface area contributed by atoms with Crippen molar-refractivity contribution < 1.29 is 18.9 Å². The van der Waals surface area contributed by atoms with Crippen LogP contribution in [0.3, 0.4) is 0 Å². The van der Waals surface area contributed by atoms with Gasteiger partial charge in [-0.3, -0.25) is 0 Å². The Kier molecular flexibility index (Phi) is 5.04. The lowest BCUT2D eigenvalue weighted by atomic mass is 9.84. The van der Waals surface area contributed by atoms with E-state index in [1.807, 2.05) is 13.0 Å². The Morgan fingerprint density at radius 1 is 1.24 bits per heavy atom. The first-order valence-electron chi connectivity index (χ1n) is 5.26. The number of methoxy groups -OCH3 is 4. The summed E-state index contributed by atoms with van der Waals surface area (Å²) in [7, 11) is 6.50. The van der Waals surface area contributed by atoms with Crippen LogP contribution in [0.4, 0.5) is 0 Å². The summed E-state index contributed by atoms with van der Waals surface area (Å²) in [6.07, 6.45) is 1.58. The highest BCUT2D eigenvalue weighted by atomic mass is 79.9. The van der Waals surface area contributed by atoms with Crippen LogP contribution in [0.15, 0.2) is 23.2 Å². The van der Waals surface area contributed by atoms with Gasteiger partial charge in [0.2, 0.25) is 0 Å². The predicted molar refractivity (Wildman–Crippen MR) is 69.1 cm³/mol. The van der Waals surface area contributed by atoms with Gasteiger partial charge in [-0.15, -0.1) is 0 Å². The molecule has 0 aromatic heterocycles. The average molecular weight is 307 g/mol. The number of hydrogen-bond acceptors (Lipinski definition) is 4. The van der Waals surface area contributed by atoms with Crippen LogP contribution >= 0.6 is 15.9 Å². The highest BCUT2D eigenvalue weighted by Crippen LogP contribution is 2.39. The molecule has 2 atom stereocenters. The molecular weight excluding hydrogens is 288 g/mol. The lowest BCUT2D eigenvalue weighted by Crippen LogP contribution is -2.51. The molecule has 0 heterocycles. The van der Waals surface area contributed by atoms with Gasteiger partial charge in [0.15, 0.2) is 17.6 Å². The van der Waals surface area contributed by atoms with Crippen molar-refractivity contribution in [1.82, 2.24) is 0 Å². The van der Waals surface area contributed by atoms with Gasteiger partial charge in [0, 0.05) is 19.5 Å². The molecule has 0 spiro atoms. The molecule has 0 fully saturated rings. The quantitative estimate of drug-likeness (QED) is 0.730. The zero-order chi connectivity index (χ0) is 13.1. The lowest BCUT2D eigenvalue weighted by molar-refractivity contribution is -0.0855. The molecule has 0 aliphatic heterocycles. The minimum atomic E-state index is -0.567. The molecule has 2 unspecified atom stereocenters. The monoisotopic (exact) mass is 306 g/mol. The largest absolute Gasteiger partial charge is 0.494 e. The normalized spacial score (nSPS) is 29.1. The van der Waals surface area contributed by atoms with Crippen LogP contribution in [-0.4, -0.2) is 45.5 Å². The van der Waals surface area contributed by atoms with E-state index in [1.54, 1.807) is 28.4 Å². The number of halogens is 1. The van der Waals surface area contributed by atoms with Gasteiger partial charge in [0.25, 0.3) is 0 Å². The minimum absolute atomic E-state index is 0.336. The lowest BCUT2D eigenvalue weighted by Gasteiger charge is -2.41. The molecule has 98 valence electrons. The summed E-state index contributed by atoms with van der Waals surface area (Å²) in [5.41, 5.74) is 0.462. The van der Waals surface area contributed by atoms with Crippen molar-refractivity contribution in [3.63, 3.8) is 0 Å². The van der Waals surface area contributed by atoms with E-state index in [-0.39, 0.29) is 6.10 Å². The third-order valence-electron chi connectivity index (χ3n) is 3.16. The molecule has 0 bridgehead atoms. The first kappa shape index (κ1) is 14.5. The first-order valence-corrected chi connectivity index (χ1v) is 6.38. The number of hydrogen-bond donors (Lipinski definition) is 0. The SMILES string of the molecule is COC1=C(OC)C(OC)C(CBr)(OC)C(C)=C1. The minimum Gasteiger partial charge on any atom is -0.494 e. The molecular formula is C12H19BrO4. The molecule has 0 aromatic rings. The fourth-order valence-electron chi connectivity index (χ4n) is 2.10. The van der Waals surface area contributed by atoms with Crippen LogP contribution in [0.1, 0.15) is 6.92 Å². The van der Waals surface area contributed by atoms with Crippen molar-refractivity contribution in [2.45, 2.75) is 18.6 Å². The standard InChI is InChI=1S/C12H19BrO4/c1-8-6-9(14-2)10(15-3)11(16-4)12(8,7-13)17-5/h6,11H,7H2,1-5H3. The molecule has 5 heteroatoms. The van der Waals surface area contributed by atoms with Crippen LogP contribution in [-0.2, 0) is 18.9 Å². The van der Waals surface area contributed by atoms with Crippen molar-refractivity contribution >= 4 is 15.9 Å². The number of allylic oxidation sites excluding steroid dienone is 1. The van der Waals surface area contributed by atoms with E-state index in [4.69, 9.17) is 18.9 Å². The number of rotatable bonds is 5. The Balaban J connectivity index is 3.32. The summed E-state index contributed by atoms with van der Waals surface area (Å²) in [5.74, 6) is 1.31. The second-order valence-corrected chi connectivity index (χ2v) is 4.37. The highest BCUT2D eigenvalue weighted by molar-refractivity contribution is 9.09. The van der Waals surface area contributed by atoms with E-state index in [2.05, 4.69) is 15.9 Å². The van der Waals surface area contributed by atoms with E-state index in [9.17, 15) is 0 Å². The Morgan fingerprint density at radius 3 is 2.24 bits per heavy atom. The van der Waals surface area contributed by atoms with Crippen molar-refractivity contribution in [3.05, 3.63) is 23.2 Å². The van der Waals surface area contributed by atoms with Crippen LogP contribution in [0, 0.1) is 0 Å². The van der Waals surface area contributed by atoms with Crippen LogP contribution in [0.5, 0.6) is 0 Å². The summed E-state index contributed by atoms with van der Waals surface area (Å²) in [6.45, 7) is 1.99. The molecule has 0 saturated carbocycles. The summed E-state index contributed by atoms with van der Waals surface area (Å²) >= 11 is 3.48. The van der Waals surface area contributed by atoms with Gasteiger partial charge < -0.3 is 18.9 Å². The molecule has 1 aliphatic carbocycles. The molecule has 0 aromatic carbocycles. The van der Waals surface area contributed by atoms with Crippen molar-refractivity contribution in [2.75, 3.05) is 33.8 Å². The second kappa shape index (κ2) is 5.89. The van der Waals surface area contributed by atoms with E-state index in [0.717, 1.165) is 5.57 Å². The average Bonchev–Trinajstić information content (AvgIpc) is 2.37. The summed E-state index contributed by atoms with van der Waals surface area (Å²) < 4.78 is 21.9. The summed E-state index contributed by atoms with van der Waals surface area (Å²) in [5, 5.41) is 0.612. The smallest absolute Gasteiger partial charge is 0.169 e. The van der Waals surface area contributed by atoms with Gasteiger partial charge in [-0.25, -0.2) is 0 Å². The third-order valence-corrected chi connectivity index (χ3v) is 3.99. The summed E-state index contributed by atoms with van der Waals surface area (Å²) in [4.78, 5) is 0. The Morgan fingerprint density at radius 2 is 1.88 bits per heavy atom. The predicted octanol–water partition coefficient (Wildman–Crippen LogP) is 2.25. The van der Waals surface area contributed by atoms with Crippen molar-refractivity contribution in [3.8, 4) is 0 Å². The molecule has 0 N–H and O–H groups in total.